The van der Waals surface area contributed by atoms with Crippen LogP contribution in [-0.2, 0) is 11.3 Å². The van der Waals surface area contributed by atoms with Gasteiger partial charge in [0, 0.05) is 12.6 Å². The number of fused-ring (bicyclic) bond motifs is 3. The number of hydrogen-bond donors (Lipinski definition) is 2. The number of benzene rings is 2. The van der Waals surface area contributed by atoms with Crippen molar-refractivity contribution in [3.05, 3.63) is 54.1 Å². The van der Waals surface area contributed by atoms with Gasteiger partial charge in [0.25, 0.3) is 0 Å². The fraction of sp³-hybridized carbons (Fsp3) is 0.381. The predicted octanol–water partition coefficient (Wildman–Crippen LogP) is 3.38. The van der Waals surface area contributed by atoms with Crippen LogP contribution in [0.3, 0.4) is 0 Å². The fourth-order valence-corrected chi connectivity index (χ4v) is 3.95. The number of amides is 1. The molecule has 5 heteroatoms. The largest absolute Gasteiger partial charge is 0.508 e. The summed E-state index contributed by atoms with van der Waals surface area (Å²) in [6.45, 7) is 3.51. The van der Waals surface area contributed by atoms with Gasteiger partial charge in [-0.15, -0.1) is 0 Å². The molecule has 0 saturated carbocycles. The third-order valence-electron chi connectivity index (χ3n) is 5.46. The molecule has 3 aliphatic heterocycles. The van der Waals surface area contributed by atoms with Crippen molar-refractivity contribution >= 4 is 6.09 Å². The molecule has 26 heavy (non-hydrogen) atoms. The van der Waals surface area contributed by atoms with E-state index in [0.29, 0.717) is 5.92 Å². The van der Waals surface area contributed by atoms with Crippen LogP contribution < -0.4 is 5.32 Å². The Morgan fingerprint density at radius 2 is 1.88 bits per heavy atom. The molecule has 2 bridgehead atoms. The first kappa shape index (κ1) is 16.9. The highest BCUT2D eigenvalue weighted by Crippen LogP contribution is 2.27. The Kier molecular flexibility index (Phi) is 4.80. The van der Waals surface area contributed by atoms with E-state index in [0.717, 1.165) is 36.3 Å². The maximum Gasteiger partial charge on any atom is 0.407 e. The van der Waals surface area contributed by atoms with Crippen molar-refractivity contribution in [1.82, 2.24) is 10.2 Å². The zero-order valence-electron chi connectivity index (χ0n) is 14.7. The Morgan fingerprint density at radius 1 is 1.12 bits per heavy atom. The monoisotopic (exact) mass is 352 g/mol. The number of hydrogen-bond acceptors (Lipinski definition) is 4. The number of phenolic OH excluding ortho intramolecular Hbond substituents is 1. The van der Waals surface area contributed by atoms with E-state index in [1.54, 1.807) is 12.1 Å². The highest BCUT2D eigenvalue weighted by atomic mass is 16.5. The number of carbonyl (C=O) groups is 1. The molecule has 0 aliphatic carbocycles. The SMILES string of the molecule is O=C(N[C@H]1CN2CCC1CC2)OCc1ccc(-c2cccc(O)c2)cc1. The number of nitrogens with one attached hydrogen (secondary N) is 1. The van der Waals surface area contributed by atoms with Gasteiger partial charge in [-0.1, -0.05) is 36.4 Å². The third kappa shape index (κ3) is 3.83. The molecule has 3 saturated heterocycles. The molecule has 136 valence electrons. The van der Waals surface area contributed by atoms with Crippen molar-refractivity contribution < 1.29 is 14.6 Å². The van der Waals surface area contributed by atoms with Crippen LogP contribution >= 0.6 is 0 Å². The number of alkyl carbamates (subject to hydrolysis) is 1. The summed E-state index contributed by atoms with van der Waals surface area (Å²) in [5.74, 6) is 0.841. The van der Waals surface area contributed by atoms with E-state index in [9.17, 15) is 9.90 Å². The maximum atomic E-state index is 12.1. The van der Waals surface area contributed by atoms with Crippen molar-refractivity contribution in [2.45, 2.75) is 25.5 Å². The standard InChI is InChI=1S/C21H24N2O3/c24-19-3-1-2-18(12-19)16-6-4-15(5-7-16)14-26-21(25)22-20-13-23-10-8-17(20)9-11-23/h1-7,12,17,20,24H,8-11,13-14H2,(H,22,25)/t20-/m0/s1. The van der Waals surface area contributed by atoms with E-state index in [-0.39, 0.29) is 24.5 Å². The summed E-state index contributed by atoms with van der Waals surface area (Å²) in [4.78, 5) is 14.5. The molecule has 1 amide bonds. The summed E-state index contributed by atoms with van der Waals surface area (Å²) in [5, 5.41) is 12.6. The van der Waals surface area contributed by atoms with Gasteiger partial charge in [0.2, 0.25) is 0 Å². The first-order chi connectivity index (χ1) is 12.7. The quantitative estimate of drug-likeness (QED) is 0.886. The molecule has 5 rings (SSSR count). The number of nitrogens with zero attached hydrogens (tertiary/aromatic N) is 1. The Morgan fingerprint density at radius 3 is 2.54 bits per heavy atom. The van der Waals surface area contributed by atoms with Crippen molar-refractivity contribution in [2.24, 2.45) is 5.92 Å². The summed E-state index contributed by atoms with van der Waals surface area (Å²) in [6, 6.07) is 15.2. The van der Waals surface area contributed by atoms with Crippen molar-refractivity contribution in [3.8, 4) is 16.9 Å². The van der Waals surface area contributed by atoms with Gasteiger partial charge < -0.3 is 20.1 Å². The molecule has 3 fully saturated rings. The molecule has 3 heterocycles. The van der Waals surface area contributed by atoms with E-state index in [2.05, 4.69) is 10.2 Å². The van der Waals surface area contributed by atoms with Gasteiger partial charge in [-0.25, -0.2) is 4.79 Å². The number of piperidine rings is 3. The van der Waals surface area contributed by atoms with E-state index in [4.69, 9.17) is 4.74 Å². The summed E-state index contributed by atoms with van der Waals surface area (Å²) in [7, 11) is 0. The molecule has 1 atom stereocenters. The second-order valence-electron chi connectivity index (χ2n) is 7.21. The Hall–Kier alpha value is -2.53. The fourth-order valence-electron chi connectivity index (χ4n) is 3.95. The van der Waals surface area contributed by atoms with Gasteiger partial charge >= 0.3 is 6.09 Å². The summed E-state index contributed by atoms with van der Waals surface area (Å²) in [6.07, 6.45) is 2.00. The van der Waals surface area contributed by atoms with Crippen LogP contribution in [0.5, 0.6) is 5.75 Å². The average Bonchev–Trinajstić information content (AvgIpc) is 2.68. The van der Waals surface area contributed by atoms with Gasteiger partial charge in [0.15, 0.2) is 0 Å². The van der Waals surface area contributed by atoms with Gasteiger partial charge in [-0.2, -0.15) is 0 Å². The number of aromatic hydroxyl groups is 1. The topological polar surface area (TPSA) is 61.8 Å². The number of ether oxygens (including phenoxy) is 1. The van der Waals surface area contributed by atoms with Crippen molar-refractivity contribution in [1.29, 1.82) is 0 Å². The van der Waals surface area contributed by atoms with Crippen molar-refractivity contribution in [3.63, 3.8) is 0 Å². The minimum atomic E-state index is -0.333. The second-order valence-corrected chi connectivity index (χ2v) is 7.21. The van der Waals surface area contributed by atoms with Crippen LogP contribution in [0, 0.1) is 5.92 Å². The minimum absolute atomic E-state index is 0.220. The number of rotatable bonds is 4. The Balaban J connectivity index is 1.30. The molecule has 0 radical (unpaired) electrons. The molecular formula is C21H24N2O3. The molecule has 2 N–H and O–H groups in total. The lowest BCUT2D eigenvalue weighted by molar-refractivity contribution is 0.0642. The zero-order chi connectivity index (χ0) is 17.9. The van der Waals surface area contributed by atoms with Crippen LogP contribution in [0.25, 0.3) is 11.1 Å². The number of phenols is 1. The summed E-state index contributed by atoms with van der Waals surface area (Å²) in [5.41, 5.74) is 2.91. The molecular weight excluding hydrogens is 328 g/mol. The van der Waals surface area contributed by atoms with E-state index in [1.807, 2.05) is 36.4 Å². The Labute approximate surface area is 153 Å². The van der Waals surface area contributed by atoms with Crippen LogP contribution in [0.4, 0.5) is 4.79 Å². The van der Waals surface area contributed by atoms with Crippen LogP contribution in [-0.4, -0.2) is 41.8 Å². The average molecular weight is 352 g/mol. The lowest BCUT2D eigenvalue weighted by Gasteiger charge is -2.44. The third-order valence-corrected chi connectivity index (χ3v) is 5.46. The van der Waals surface area contributed by atoms with Gasteiger partial charge in [0.1, 0.15) is 12.4 Å². The normalized spacial score (nSPS) is 24.2. The highest BCUT2D eigenvalue weighted by Gasteiger charge is 2.35. The molecule has 5 nitrogen and oxygen atoms in total. The second kappa shape index (κ2) is 7.38. The maximum absolute atomic E-state index is 12.1. The first-order valence-corrected chi connectivity index (χ1v) is 9.21. The van der Waals surface area contributed by atoms with Gasteiger partial charge in [0.05, 0.1) is 0 Å². The summed E-state index contributed by atoms with van der Waals surface area (Å²) >= 11 is 0. The van der Waals surface area contributed by atoms with E-state index in [1.165, 1.54) is 12.8 Å². The Bertz CT molecular complexity index is 767. The van der Waals surface area contributed by atoms with Crippen LogP contribution in [0.2, 0.25) is 0 Å². The smallest absolute Gasteiger partial charge is 0.407 e. The van der Waals surface area contributed by atoms with E-state index < -0.39 is 0 Å². The molecule has 2 aromatic rings. The minimum Gasteiger partial charge on any atom is -0.508 e. The molecule has 0 unspecified atom stereocenters. The molecule has 3 aliphatic rings. The van der Waals surface area contributed by atoms with Crippen molar-refractivity contribution in [2.75, 3.05) is 19.6 Å². The summed E-state index contributed by atoms with van der Waals surface area (Å²) < 4.78 is 5.39. The van der Waals surface area contributed by atoms with Crippen LogP contribution in [0.1, 0.15) is 18.4 Å². The zero-order valence-corrected chi connectivity index (χ0v) is 14.7. The van der Waals surface area contributed by atoms with Gasteiger partial charge in [-0.3, -0.25) is 0 Å². The predicted molar refractivity (Wildman–Crippen MR) is 99.8 cm³/mol. The highest BCUT2D eigenvalue weighted by molar-refractivity contribution is 5.68. The molecule has 0 spiro atoms. The molecule has 2 aromatic carbocycles. The first-order valence-electron chi connectivity index (χ1n) is 9.21. The van der Waals surface area contributed by atoms with Crippen LogP contribution in [0.15, 0.2) is 48.5 Å². The lowest BCUT2D eigenvalue weighted by atomic mass is 9.84. The number of carbonyl (C=O) groups excluding carboxylic acids is 1. The lowest BCUT2D eigenvalue weighted by Crippen LogP contribution is -2.57. The van der Waals surface area contributed by atoms with Gasteiger partial charge in [-0.05, 0) is 60.7 Å². The van der Waals surface area contributed by atoms with E-state index >= 15 is 0 Å². The molecule has 0 aromatic heterocycles.